The summed E-state index contributed by atoms with van der Waals surface area (Å²) in [4.78, 5) is 208. The lowest BCUT2D eigenvalue weighted by atomic mass is 9.98. The van der Waals surface area contributed by atoms with Crippen LogP contribution >= 0.6 is 21.6 Å². The van der Waals surface area contributed by atoms with Crippen molar-refractivity contribution in [2.75, 3.05) is 50.8 Å². The average Bonchev–Trinajstić information content (AvgIpc) is 0.860. The van der Waals surface area contributed by atoms with E-state index in [9.17, 15) is 57.5 Å². The Morgan fingerprint density at radius 3 is 1.01 bits per heavy atom. The van der Waals surface area contributed by atoms with E-state index in [1.54, 1.807) is 116 Å². The van der Waals surface area contributed by atoms with Gasteiger partial charge in [0.15, 0.2) is 11.9 Å². The molecule has 2 rings (SSSR count). The van der Waals surface area contributed by atoms with Gasteiger partial charge in [-0.1, -0.05) is 161 Å². The van der Waals surface area contributed by atoms with Crippen LogP contribution in [0.3, 0.4) is 0 Å². The second kappa shape index (κ2) is 53.7. The number of rotatable bonds is 55. The fourth-order valence-electron chi connectivity index (χ4n) is 10.7. The van der Waals surface area contributed by atoms with Crippen LogP contribution in [0.5, 0.6) is 0 Å². The molecule has 630 valence electrons. The molecule has 42 nitrogen and oxygen atoms in total. The highest BCUT2D eigenvalue weighted by atomic mass is 33.1. The molecule has 0 saturated heterocycles. The van der Waals surface area contributed by atoms with Crippen molar-refractivity contribution in [1.29, 1.82) is 0 Å². The Morgan fingerprint density at radius 1 is 0.404 bits per heavy atom. The standard InChI is InChI=1S/C70H114N28O14S2/c1-9-39(7)55(67(111)83-33-53(99)87-45(23-17-25-81-69(75)76)61(105)89-47(57(73)101)27-37(3)4)95-65(109)51(93-63(107)49(29-41-19-13-11-14-20-41)91-59(103)43(71)31-85-97-79)35-113-114-36-52(94-64(108)50(30-42-21-15-12-16-22-42)92-60(104)44(72)32-86-98-80)66(110)96-56(40(8)10-2)68(112)84-34-54(100)88-46(24-18-26-82-70(77)78)62(106)90-48(58(74)102)28-38(5)6/h11-16,19-22,37-40,43-52,55-56H,9-10,17-18,23-36,71-72H2,1-8H3,(H2,73,101)(H2,74,102)(H,83,111)(H,84,112)(H,87,99)(H,88,100)(H,89,105)(H,90,106)(H,91,103)(H,92,104)(H,93,107)(H,94,108)(H,95,109)(H,96,110)(H4,75,76,81)(H4,77,78,82)/t39-,40-,43-,44-,45-,46-,47-,48-,49-,50-,51-,52-,55-,56-/m0/s1. The summed E-state index contributed by atoms with van der Waals surface area (Å²) < 4.78 is 0. The predicted molar refractivity (Wildman–Crippen MR) is 431 cm³/mol. The second-order valence-electron chi connectivity index (χ2n) is 27.7. The first-order chi connectivity index (χ1) is 53.9. The largest absolute Gasteiger partial charge is 0.370 e. The van der Waals surface area contributed by atoms with Gasteiger partial charge < -0.3 is 110 Å². The number of benzene rings is 2. The van der Waals surface area contributed by atoms with Crippen LogP contribution in [-0.2, 0) is 80.0 Å². The van der Waals surface area contributed by atoms with Gasteiger partial charge in [-0.25, -0.2) is 0 Å². The molecule has 114 heavy (non-hydrogen) atoms. The number of hydrogen-bond acceptors (Lipinski definition) is 22. The number of azide groups is 2. The van der Waals surface area contributed by atoms with Crippen molar-refractivity contribution >= 4 is 116 Å². The molecule has 2 aromatic rings. The summed E-state index contributed by atoms with van der Waals surface area (Å²) in [6, 6.07) is -0.291. The fraction of sp³-hybridized carbons (Fsp3) is 0.600. The van der Waals surface area contributed by atoms with Crippen molar-refractivity contribution in [3.63, 3.8) is 0 Å². The van der Waals surface area contributed by atoms with E-state index in [1.165, 1.54) is 0 Å². The number of nitrogens with one attached hydrogen (secondary N) is 12. The number of nitrogens with zero attached hydrogens (tertiary/aromatic N) is 8. The van der Waals surface area contributed by atoms with Crippen molar-refractivity contribution in [1.82, 2.24) is 63.8 Å². The van der Waals surface area contributed by atoms with E-state index in [1.807, 2.05) is 0 Å². The maximum absolute atomic E-state index is 15.0. The SMILES string of the molecule is CC[C@H](C)[C@H](NC(=O)[C@H](CSSC[C@H](NC(=O)[C@H](Cc1ccccc1)NC(=O)[C@@H](N)CN=[N+]=[N-])C(=O)N[C@H](C(=O)NCC(=O)N[C@@H](CCCN=C(N)N)C(=O)N[C@@H](CC(C)C)C(N)=O)[C@@H](C)CC)NC(=O)[C@H](Cc1ccccc1)NC(=O)[C@@H](N)CN=[N+]=[N-])C(=O)NCC(=O)N[C@@H](CCCN=C(N)N)C(=O)N[C@@H](CC(C)C)C(N)=O. The lowest BCUT2D eigenvalue weighted by Gasteiger charge is -2.28. The van der Waals surface area contributed by atoms with Gasteiger partial charge in [-0.15, -0.1) is 0 Å². The molecule has 0 heterocycles. The highest BCUT2D eigenvalue weighted by molar-refractivity contribution is 8.76. The van der Waals surface area contributed by atoms with Crippen LogP contribution in [0.2, 0.25) is 0 Å². The zero-order valence-electron chi connectivity index (χ0n) is 65.5. The van der Waals surface area contributed by atoms with Crippen molar-refractivity contribution in [3.05, 3.63) is 92.7 Å². The fourth-order valence-corrected chi connectivity index (χ4v) is 13.0. The maximum Gasteiger partial charge on any atom is 0.244 e. The van der Waals surface area contributed by atoms with Gasteiger partial charge in [0.05, 0.1) is 25.2 Å². The minimum absolute atomic E-state index is 0.0419. The predicted octanol–water partition coefficient (Wildman–Crippen LogP) is -3.53. The van der Waals surface area contributed by atoms with E-state index >= 15 is 9.59 Å². The van der Waals surface area contributed by atoms with Gasteiger partial charge >= 0.3 is 0 Å². The highest BCUT2D eigenvalue weighted by Gasteiger charge is 2.37. The lowest BCUT2D eigenvalue weighted by molar-refractivity contribution is -0.134. The van der Waals surface area contributed by atoms with Gasteiger partial charge in [0, 0.05) is 60.3 Å². The van der Waals surface area contributed by atoms with E-state index in [0.29, 0.717) is 11.1 Å². The summed E-state index contributed by atoms with van der Waals surface area (Å²) in [7, 11) is 1.69. The summed E-state index contributed by atoms with van der Waals surface area (Å²) >= 11 is 0. The number of amides is 14. The maximum atomic E-state index is 15.0. The molecule has 0 aliphatic heterocycles. The van der Waals surface area contributed by atoms with E-state index in [2.05, 4.69) is 93.8 Å². The van der Waals surface area contributed by atoms with Gasteiger partial charge in [0.2, 0.25) is 82.7 Å². The van der Waals surface area contributed by atoms with Crippen LogP contribution in [0.15, 0.2) is 80.9 Å². The van der Waals surface area contributed by atoms with Crippen LogP contribution in [0, 0.1) is 23.7 Å². The van der Waals surface area contributed by atoms with Gasteiger partial charge in [-0.3, -0.25) is 77.1 Å². The number of guanidine groups is 2. The van der Waals surface area contributed by atoms with Crippen LogP contribution in [-0.4, -0.2) is 218 Å². The number of hydrogen-bond donors (Lipinski definition) is 20. The number of carbonyl (C=O) groups is 14. The Hall–Kier alpha value is -11.2. The van der Waals surface area contributed by atoms with Gasteiger partial charge in [0.1, 0.15) is 60.4 Å². The first-order valence-electron chi connectivity index (χ1n) is 37.1. The zero-order valence-corrected chi connectivity index (χ0v) is 67.1. The van der Waals surface area contributed by atoms with Crippen LogP contribution < -0.4 is 110 Å². The van der Waals surface area contributed by atoms with Crippen molar-refractivity contribution in [2.45, 2.75) is 192 Å². The Balaban J connectivity index is 2.80. The molecule has 0 saturated carbocycles. The number of primary amides is 2. The molecular formula is C70H114N28O14S2. The van der Waals surface area contributed by atoms with E-state index in [4.69, 9.17) is 56.9 Å². The Morgan fingerprint density at radius 2 is 0.711 bits per heavy atom. The van der Waals surface area contributed by atoms with E-state index < -0.39 is 205 Å². The molecule has 28 N–H and O–H groups in total. The van der Waals surface area contributed by atoms with Crippen LogP contribution in [0.4, 0.5) is 0 Å². The van der Waals surface area contributed by atoms with Crippen LogP contribution in [0.25, 0.3) is 20.9 Å². The number of carbonyl (C=O) groups excluding carboxylic acids is 14. The summed E-state index contributed by atoms with van der Waals surface area (Å²) in [6.45, 7) is 11.4. The third kappa shape index (κ3) is 39.3. The number of nitrogens with two attached hydrogens (primary N) is 8. The smallest absolute Gasteiger partial charge is 0.244 e. The molecule has 0 aromatic heterocycles. The van der Waals surface area contributed by atoms with Crippen molar-refractivity contribution in [3.8, 4) is 0 Å². The number of aliphatic imine (C=N–C) groups is 2. The summed E-state index contributed by atoms with van der Waals surface area (Å²) in [5, 5.41) is 37.7. The van der Waals surface area contributed by atoms with Crippen molar-refractivity contribution < 1.29 is 67.1 Å². The third-order valence-corrected chi connectivity index (χ3v) is 19.8. The topological polar surface area (TPSA) is 714 Å². The third-order valence-electron chi connectivity index (χ3n) is 17.4. The Kier molecular flexibility index (Phi) is 46.6. The Bertz CT molecular complexity index is 3440. The molecule has 14 amide bonds. The molecular weight excluding hydrogens is 1520 g/mol. The Labute approximate surface area is 669 Å². The molecule has 2 aromatic carbocycles. The summed E-state index contributed by atoms with van der Waals surface area (Å²) in [5.41, 5.74) is 64.3. The first kappa shape index (κ1) is 98.9. The molecule has 0 spiro atoms. The first-order valence-corrected chi connectivity index (χ1v) is 39.6. The van der Waals surface area contributed by atoms with Gasteiger partial charge in [0.25, 0.3) is 0 Å². The normalized spacial score (nSPS) is 14.6. The molecule has 44 heteroatoms. The average molecular weight is 1640 g/mol. The summed E-state index contributed by atoms with van der Waals surface area (Å²) in [6.07, 6.45) is 0.673. The molecule has 0 radical (unpaired) electrons. The zero-order chi connectivity index (χ0) is 85.6. The van der Waals surface area contributed by atoms with E-state index in [-0.39, 0.29) is 101 Å². The minimum atomic E-state index is -1.67. The summed E-state index contributed by atoms with van der Waals surface area (Å²) in [5.74, 6) is -15.5. The molecule has 0 unspecified atom stereocenters. The second-order valence-corrected chi connectivity index (χ2v) is 30.3. The van der Waals surface area contributed by atoms with Crippen LogP contribution in [0.1, 0.15) is 118 Å². The monoisotopic (exact) mass is 1630 g/mol. The molecule has 0 bridgehead atoms. The molecule has 0 aliphatic carbocycles. The quantitative estimate of drug-likeness (QED) is 0.00580. The van der Waals surface area contributed by atoms with Crippen molar-refractivity contribution in [2.24, 2.45) is 89.8 Å². The lowest BCUT2D eigenvalue weighted by Crippen LogP contribution is -2.60. The highest BCUT2D eigenvalue weighted by Crippen LogP contribution is 2.25. The van der Waals surface area contributed by atoms with E-state index in [0.717, 1.165) is 21.6 Å². The van der Waals surface area contributed by atoms with Gasteiger partial charge in [-0.05, 0) is 84.4 Å². The molecule has 0 aliphatic rings. The molecule has 0 fully saturated rings. The molecule has 14 atom stereocenters. The minimum Gasteiger partial charge on any atom is -0.370 e. The van der Waals surface area contributed by atoms with Gasteiger partial charge in [-0.2, -0.15) is 0 Å².